The number of methoxy groups -OCH3 is 1. The predicted octanol–water partition coefficient (Wildman–Crippen LogP) is 2.10. The molecule has 150 valence electrons. The third-order valence-corrected chi connectivity index (χ3v) is 4.64. The molecule has 0 aromatic heterocycles. The second-order valence-corrected chi connectivity index (χ2v) is 6.53. The van der Waals surface area contributed by atoms with E-state index in [9.17, 15) is 9.59 Å². The Kier molecular flexibility index (Phi) is 8.49. The minimum atomic E-state index is -0.485. The zero-order valence-electron chi connectivity index (χ0n) is 16.5. The standard InChI is InChI=1S/C22H29N3O3/c1-4-13-25(14-5-2)21(26)17-19-22(27)23-12-16-24(19)15-8-10-18-9-6-7-11-20(18)28-3/h4-11,19H,1-2,12-17H2,3H3,(H,23,27)/b10-8+/t19-/m1/s1. The predicted molar refractivity (Wildman–Crippen MR) is 112 cm³/mol. The smallest absolute Gasteiger partial charge is 0.237 e. The van der Waals surface area contributed by atoms with Gasteiger partial charge in [0, 0.05) is 38.3 Å². The van der Waals surface area contributed by atoms with E-state index in [0.717, 1.165) is 11.3 Å². The number of amides is 2. The molecule has 28 heavy (non-hydrogen) atoms. The lowest BCUT2D eigenvalue weighted by Crippen LogP contribution is -2.56. The van der Waals surface area contributed by atoms with Gasteiger partial charge in [-0.05, 0) is 6.07 Å². The molecular weight excluding hydrogens is 354 g/mol. The highest BCUT2D eigenvalue weighted by atomic mass is 16.5. The largest absolute Gasteiger partial charge is 0.496 e. The summed E-state index contributed by atoms with van der Waals surface area (Å²) in [6.07, 6.45) is 7.47. The molecule has 1 aromatic carbocycles. The molecule has 2 rings (SSSR count). The van der Waals surface area contributed by atoms with Crippen molar-refractivity contribution in [2.75, 3.05) is 39.8 Å². The maximum Gasteiger partial charge on any atom is 0.237 e. The fourth-order valence-corrected chi connectivity index (χ4v) is 3.21. The summed E-state index contributed by atoms with van der Waals surface area (Å²) >= 11 is 0. The molecule has 2 amide bonds. The Morgan fingerprint density at radius 2 is 2.04 bits per heavy atom. The fourth-order valence-electron chi connectivity index (χ4n) is 3.21. The van der Waals surface area contributed by atoms with Gasteiger partial charge in [-0.2, -0.15) is 0 Å². The van der Waals surface area contributed by atoms with Gasteiger partial charge in [-0.15, -0.1) is 13.2 Å². The van der Waals surface area contributed by atoms with Crippen LogP contribution in [0.2, 0.25) is 0 Å². The van der Waals surface area contributed by atoms with Gasteiger partial charge in [0.1, 0.15) is 5.75 Å². The molecule has 0 radical (unpaired) electrons. The van der Waals surface area contributed by atoms with E-state index in [1.807, 2.05) is 41.3 Å². The maximum atomic E-state index is 12.7. The summed E-state index contributed by atoms with van der Waals surface area (Å²) in [5.74, 6) is 0.606. The molecule has 1 heterocycles. The minimum Gasteiger partial charge on any atom is -0.496 e. The third kappa shape index (κ3) is 5.82. The van der Waals surface area contributed by atoms with Crippen LogP contribution in [0.1, 0.15) is 12.0 Å². The SMILES string of the molecule is C=CCN(CC=C)C(=O)C[C@@H]1C(=O)NCCN1C/C=C/c1ccccc1OC. The van der Waals surface area contributed by atoms with E-state index in [1.165, 1.54) is 0 Å². The van der Waals surface area contributed by atoms with Gasteiger partial charge >= 0.3 is 0 Å². The van der Waals surface area contributed by atoms with E-state index >= 15 is 0 Å². The maximum absolute atomic E-state index is 12.7. The van der Waals surface area contributed by atoms with E-state index in [4.69, 9.17) is 4.74 Å². The van der Waals surface area contributed by atoms with Gasteiger partial charge in [0.2, 0.25) is 11.8 Å². The number of hydrogen-bond donors (Lipinski definition) is 1. The van der Waals surface area contributed by atoms with Crippen molar-refractivity contribution in [3.05, 3.63) is 61.2 Å². The number of carbonyl (C=O) groups is 2. The number of benzene rings is 1. The number of carbonyl (C=O) groups excluding carboxylic acids is 2. The van der Waals surface area contributed by atoms with Crippen LogP contribution in [0, 0.1) is 0 Å². The van der Waals surface area contributed by atoms with Crippen LogP contribution in [-0.4, -0.2) is 67.5 Å². The second kappa shape index (κ2) is 11.1. The van der Waals surface area contributed by atoms with Crippen LogP contribution in [0.4, 0.5) is 0 Å². The van der Waals surface area contributed by atoms with E-state index in [-0.39, 0.29) is 18.2 Å². The summed E-state index contributed by atoms with van der Waals surface area (Å²) in [5, 5.41) is 2.86. The van der Waals surface area contributed by atoms with Crippen molar-refractivity contribution < 1.29 is 14.3 Å². The van der Waals surface area contributed by atoms with Crippen molar-refractivity contribution in [2.45, 2.75) is 12.5 Å². The zero-order chi connectivity index (χ0) is 20.4. The first-order chi connectivity index (χ1) is 13.6. The zero-order valence-corrected chi connectivity index (χ0v) is 16.5. The van der Waals surface area contributed by atoms with Crippen LogP contribution >= 0.6 is 0 Å². The van der Waals surface area contributed by atoms with Crippen LogP contribution in [-0.2, 0) is 9.59 Å². The molecule has 0 aliphatic carbocycles. The summed E-state index contributed by atoms with van der Waals surface area (Å²) in [6.45, 7) is 10.1. The first-order valence-corrected chi connectivity index (χ1v) is 9.41. The van der Waals surface area contributed by atoms with Crippen LogP contribution in [0.25, 0.3) is 6.08 Å². The first-order valence-electron chi connectivity index (χ1n) is 9.41. The molecule has 1 fully saturated rings. The highest BCUT2D eigenvalue weighted by molar-refractivity contribution is 5.89. The summed E-state index contributed by atoms with van der Waals surface area (Å²) < 4.78 is 5.36. The van der Waals surface area contributed by atoms with Crippen molar-refractivity contribution in [1.82, 2.24) is 15.1 Å². The molecule has 1 N–H and O–H groups in total. The summed E-state index contributed by atoms with van der Waals surface area (Å²) in [5.41, 5.74) is 0.974. The Morgan fingerprint density at radius 3 is 2.71 bits per heavy atom. The quantitative estimate of drug-likeness (QED) is 0.629. The number of piperazine rings is 1. The third-order valence-electron chi connectivity index (χ3n) is 4.64. The Labute approximate surface area is 167 Å². The van der Waals surface area contributed by atoms with E-state index < -0.39 is 6.04 Å². The van der Waals surface area contributed by atoms with Gasteiger partial charge in [-0.1, -0.05) is 42.5 Å². The minimum absolute atomic E-state index is 0.0828. The molecule has 1 aliphatic heterocycles. The average molecular weight is 383 g/mol. The number of nitrogens with zero attached hydrogens (tertiary/aromatic N) is 2. The van der Waals surface area contributed by atoms with Gasteiger partial charge in [-0.3, -0.25) is 14.5 Å². The molecule has 0 bridgehead atoms. The van der Waals surface area contributed by atoms with Gasteiger partial charge in [-0.25, -0.2) is 0 Å². The molecule has 0 saturated carbocycles. The molecular formula is C22H29N3O3. The number of ether oxygens (including phenoxy) is 1. The van der Waals surface area contributed by atoms with Crippen molar-refractivity contribution in [2.24, 2.45) is 0 Å². The van der Waals surface area contributed by atoms with Gasteiger partial charge < -0.3 is 15.0 Å². The van der Waals surface area contributed by atoms with Gasteiger partial charge in [0.15, 0.2) is 0 Å². The molecule has 1 saturated heterocycles. The number of hydrogen-bond acceptors (Lipinski definition) is 4. The molecule has 1 aromatic rings. The number of para-hydroxylation sites is 1. The van der Waals surface area contributed by atoms with Crippen molar-refractivity contribution >= 4 is 17.9 Å². The van der Waals surface area contributed by atoms with Crippen molar-refractivity contribution in [3.63, 3.8) is 0 Å². The topological polar surface area (TPSA) is 61.9 Å². The van der Waals surface area contributed by atoms with Crippen LogP contribution < -0.4 is 10.1 Å². The van der Waals surface area contributed by atoms with Crippen LogP contribution in [0.15, 0.2) is 55.7 Å². The number of nitrogens with one attached hydrogen (secondary N) is 1. The monoisotopic (exact) mass is 383 g/mol. The lowest BCUT2D eigenvalue weighted by Gasteiger charge is -2.35. The summed E-state index contributed by atoms with van der Waals surface area (Å²) in [7, 11) is 1.64. The molecule has 1 aliphatic rings. The fraction of sp³-hybridized carbons (Fsp3) is 0.364. The van der Waals surface area contributed by atoms with E-state index in [1.54, 1.807) is 24.2 Å². The summed E-state index contributed by atoms with van der Waals surface area (Å²) in [6, 6.07) is 7.27. The van der Waals surface area contributed by atoms with Crippen molar-refractivity contribution in [1.29, 1.82) is 0 Å². The van der Waals surface area contributed by atoms with Crippen molar-refractivity contribution in [3.8, 4) is 5.75 Å². The van der Waals surface area contributed by atoms with E-state index in [0.29, 0.717) is 32.7 Å². The van der Waals surface area contributed by atoms with E-state index in [2.05, 4.69) is 18.5 Å². The van der Waals surface area contributed by atoms with Crippen LogP contribution in [0.5, 0.6) is 5.75 Å². The molecule has 0 unspecified atom stereocenters. The highest BCUT2D eigenvalue weighted by Gasteiger charge is 2.32. The Bertz CT molecular complexity index is 719. The number of rotatable bonds is 10. The highest BCUT2D eigenvalue weighted by Crippen LogP contribution is 2.19. The summed E-state index contributed by atoms with van der Waals surface area (Å²) in [4.78, 5) is 28.7. The van der Waals surface area contributed by atoms with Gasteiger partial charge in [0.25, 0.3) is 0 Å². The molecule has 0 spiro atoms. The average Bonchev–Trinajstić information content (AvgIpc) is 2.70. The lowest BCUT2D eigenvalue weighted by molar-refractivity contribution is -0.138. The molecule has 6 heteroatoms. The lowest BCUT2D eigenvalue weighted by atomic mass is 10.1. The second-order valence-electron chi connectivity index (χ2n) is 6.53. The Hall–Kier alpha value is -2.86. The normalized spacial score (nSPS) is 17.2. The Balaban J connectivity index is 2.05. The first kappa shape index (κ1) is 21.4. The Morgan fingerprint density at radius 1 is 1.32 bits per heavy atom. The van der Waals surface area contributed by atoms with Gasteiger partial charge in [0.05, 0.1) is 19.6 Å². The molecule has 1 atom stereocenters. The van der Waals surface area contributed by atoms with Crippen LogP contribution in [0.3, 0.4) is 0 Å². The molecule has 6 nitrogen and oxygen atoms in total.